The third-order valence-electron chi connectivity index (χ3n) is 3.08. The molecule has 2 N–H and O–H groups in total. The maximum absolute atomic E-state index is 11.7. The van der Waals surface area contributed by atoms with Crippen LogP contribution in [0.3, 0.4) is 0 Å². The van der Waals surface area contributed by atoms with Crippen LogP contribution in [0.4, 0.5) is 0 Å². The maximum Gasteiger partial charge on any atom is 0.226 e. The molecule has 114 valence electrons. The average Bonchev–Trinajstić information content (AvgIpc) is 3.15. The van der Waals surface area contributed by atoms with Crippen molar-refractivity contribution in [1.82, 2.24) is 15.5 Å². The third-order valence-corrected chi connectivity index (χ3v) is 3.95. The summed E-state index contributed by atoms with van der Waals surface area (Å²) in [6, 6.07) is 3.71. The summed E-state index contributed by atoms with van der Waals surface area (Å²) < 4.78 is 5.17. The molecule has 0 fully saturated rings. The number of hydrogen-bond acceptors (Lipinski definition) is 6. The molecule has 2 aromatic heterocycles. The summed E-state index contributed by atoms with van der Waals surface area (Å²) in [6.45, 7) is 1.89. The summed E-state index contributed by atoms with van der Waals surface area (Å²) in [5, 5.41) is 17.7. The van der Waals surface area contributed by atoms with Gasteiger partial charge in [-0.25, -0.2) is 0 Å². The van der Waals surface area contributed by atoms with Gasteiger partial charge in [0, 0.05) is 12.8 Å². The maximum atomic E-state index is 11.7. The molecular weight excluding hydrogens is 290 g/mol. The number of aliphatic hydroxyl groups excluding tert-OH is 1. The summed E-state index contributed by atoms with van der Waals surface area (Å²) in [5.74, 6) is 1.07. The van der Waals surface area contributed by atoms with Crippen molar-refractivity contribution < 1.29 is 14.4 Å². The zero-order chi connectivity index (χ0) is 15.1. The van der Waals surface area contributed by atoms with Gasteiger partial charge >= 0.3 is 0 Å². The highest BCUT2D eigenvalue weighted by molar-refractivity contribution is 7.13. The van der Waals surface area contributed by atoms with Gasteiger partial charge in [-0.2, -0.15) is 4.98 Å². The smallest absolute Gasteiger partial charge is 0.226 e. The van der Waals surface area contributed by atoms with Gasteiger partial charge in [-0.05, 0) is 24.3 Å². The van der Waals surface area contributed by atoms with Crippen LogP contribution in [0.2, 0.25) is 0 Å². The van der Waals surface area contributed by atoms with Gasteiger partial charge < -0.3 is 14.9 Å². The molecule has 0 radical (unpaired) electrons. The standard InChI is InChI=1S/C14H19N3O3S/c1-2-10(9-18)15-12(19)6-3-7-13-16-14(17-20-13)11-5-4-8-21-11/h4-5,8,10,18H,2-3,6-7,9H2,1H3,(H,15,19). The number of hydrogen-bond donors (Lipinski definition) is 2. The molecule has 0 spiro atoms. The number of nitrogens with zero attached hydrogens (tertiary/aromatic N) is 2. The number of rotatable bonds is 8. The molecule has 1 unspecified atom stereocenters. The van der Waals surface area contributed by atoms with Gasteiger partial charge in [0.15, 0.2) is 0 Å². The Balaban J connectivity index is 1.75. The molecule has 6 nitrogen and oxygen atoms in total. The largest absolute Gasteiger partial charge is 0.394 e. The Morgan fingerprint density at radius 1 is 1.57 bits per heavy atom. The summed E-state index contributed by atoms with van der Waals surface area (Å²) in [5.41, 5.74) is 0. The Morgan fingerprint density at radius 3 is 3.10 bits per heavy atom. The molecule has 1 atom stereocenters. The molecule has 2 rings (SSSR count). The third kappa shape index (κ3) is 4.64. The van der Waals surface area contributed by atoms with Crippen LogP contribution in [0.15, 0.2) is 22.0 Å². The second-order valence-corrected chi connectivity index (χ2v) is 5.65. The van der Waals surface area contributed by atoms with Crippen molar-refractivity contribution >= 4 is 17.2 Å². The Bertz CT molecular complexity index is 550. The van der Waals surface area contributed by atoms with Crippen LogP contribution >= 0.6 is 11.3 Å². The van der Waals surface area contributed by atoms with Crippen LogP contribution in [0.5, 0.6) is 0 Å². The number of thiophene rings is 1. The van der Waals surface area contributed by atoms with Gasteiger partial charge in [-0.3, -0.25) is 4.79 Å². The summed E-state index contributed by atoms with van der Waals surface area (Å²) >= 11 is 1.56. The highest BCUT2D eigenvalue weighted by Gasteiger charge is 2.11. The molecule has 0 bridgehead atoms. The predicted octanol–water partition coefficient (Wildman–Crippen LogP) is 2.01. The molecule has 2 heterocycles. The zero-order valence-electron chi connectivity index (χ0n) is 11.9. The van der Waals surface area contributed by atoms with Crippen molar-refractivity contribution in [2.24, 2.45) is 0 Å². The van der Waals surface area contributed by atoms with E-state index in [-0.39, 0.29) is 18.6 Å². The van der Waals surface area contributed by atoms with E-state index in [4.69, 9.17) is 9.63 Å². The quantitative estimate of drug-likeness (QED) is 0.778. The van der Waals surface area contributed by atoms with Crippen LogP contribution in [0.25, 0.3) is 10.7 Å². The van der Waals surface area contributed by atoms with Crippen molar-refractivity contribution in [3.8, 4) is 10.7 Å². The monoisotopic (exact) mass is 309 g/mol. The number of amides is 1. The number of carbonyl (C=O) groups is 1. The predicted molar refractivity (Wildman–Crippen MR) is 79.9 cm³/mol. The molecule has 0 aliphatic carbocycles. The lowest BCUT2D eigenvalue weighted by atomic mass is 10.2. The van der Waals surface area contributed by atoms with E-state index in [1.54, 1.807) is 11.3 Å². The van der Waals surface area contributed by atoms with Crippen molar-refractivity contribution in [1.29, 1.82) is 0 Å². The van der Waals surface area contributed by atoms with Gasteiger partial charge in [0.2, 0.25) is 17.6 Å². The van der Waals surface area contributed by atoms with E-state index in [1.165, 1.54) is 0 Å². The molecule has 0 saturated heterocycles. The van der Waals surface area contributed by atoms with E-state index < -0.39 is 0 Å². The van der Waals surface area contributed by atoms with E-state index in [1.807, 2.05) is 24.4 Å². The normalized spacial score (nSPS) is 12.3. The highest BCUT2D eigenvalue weighted by atomic mass is 32.1. The van der Waals surface area contributed by atoms with E-state index >= 15 is 0 Å². The fourth-order valence-electron chi connectivity index (χ4n) is 1.84. The number of aliphatic hydroxyl groups is 1. The Morgan fingerprint density at radius 2 is 2.43 bits per heavy atom. The highest BCUT2D eigenvalue weighted by Crippen LogP contribution is 2.21. The van der Waals surface area contributed by atoms with Crippen LogP contribution in [0, 0.1) is 0 Å². The topological polar surface area (TPSA) is 88.2 Å². The van der Waals surface area contributed by atoms with Crippen molar-refractivity contribution in [3.63, 3.8) is 0 Å². The summed E-state index contributed by atoms with van der Waals surface area (Å²) in [6.07, 6.45) is 2.31. The molecule has 0 aliphatic rings. The lowest BCUT2D eigenvalue weighted by Gasteiger charge is -2.13. The fourth-order valence-corrected chi connectivity index (χ4v) is 2.49. The molecule has 0 aromatic carbocycles. The zero-order valence-corrected chi connectivity index (χ0v) is 12.7. The van der Waals surface area contributed by atoms with Crippen LogP contribution in [-0.2, 0) is 11.2 Å². The van der Waals surface area contributed by atoms with Gasteiger partial charge in [0.25, 0.3) is 0 Å². The number of carbonyl (C=O) groups excluding carboxylic acids is 1. The molecule has 1 amide bonds. The molecule has 7 heteroatoms. The van der Waals surface area contributed by atoms with Crippen molar-refractivity contribution in [3.05, 3.63) is 23.4 Å². The first-order chi connectivity index (χ1) is 10.2. The second kappa shape index (κ2) is 7.90. The lowest BCUT2D eigenvalue weighted by Crippen LogP contribution is -2.36. The fraction of sp³-hybridized carbons (Fsp3) is 0.500. The van der Waals surface area contributed by atoms with E-state index in [2.05, 4.69) is 15.5 Å². The van der Waals surface area contributed by atoms with E-state index in [9.17, 15) is 4.79 Å². The number of aromatic nitrogens is 2. The molecule has 0 saturated carbocycles. The molecular formula is C14H19N3O3S. The van der Waals surface area contributed by atoms with Crippen LogP contribution in [-0.4, -0.2) is 33.8 Å². The number of aryl methyl sites for hydroxylation is 1. The van der Waals surface area contributed by atoms with Crippen molar-refractivity contribution in [2.75, 3.05) is 6.61 Å². The number of nitrogens with one attached hydrogen (secondary N) is 1. The average molecular weight is 309 g/mol. The van der Waals surface area contributed by atoms with Crippen LogP contribution < -0.4 is 5.32 Å². The minimum atomic E-state index is -0.161. The Hall–Kier alpha value is -1.73. The van der Waals surface area contributed by atoms with E-state index in [0.717, 1.165) is 11.3 Å². The molecule has 2 aromatic rings. The first-order valence-electron chi connectivity index (χ1n) is 6.99. The summed E-state index contributed by atoms with van der Waals surface area (Å²) in [7, 11) is 0. The molecule has 0 aliphatic heterocycles. The van der Waals surface area contributed by atoms with E-state index in [0.29, 0.717) is 31.0 Å². The van der Waals surface area contributed by atoms with Crippen molar-refractivity contribution in [2.45, 2.75) is 38.6 Å². The summed E-state index contributed by atoms with van der Waals surface area (Å²) in [4.78, 5) is 16.9. The Labute approximate surface area is 127 Å². The SMILES string of the molecule is CCC(CO)NC(=O)CCCc1nc(-c2cccs2)no1. The minimum Gasteiger partial charge on any atom is -0.394 e. The van der Waals surface area contributed by atoms with Gasteiger partial charge in [0.1, 0.15) is 0 Å². The van der Waals surface area contributed by atoms with Gasteiger partial charge in [-0.1, -0.05) is 18.1 Å². The van der Waals surface area contributed by atoms with Gasteiger partial charge in [-0.15, -0.1) is 11.3 Å². The first-order valence-corrected chi connectivity index (χ1v) is 7.87. The Kier molecular flexibility index (Phi) is 5.89. The lowest BCUT2D eigenvalue weighted by molar-refractivity contribution is -0.122. The van der Waals surface area contributed by atoms with Gasteiger partial charge in [0.05, 0.1) is 17.5 Å². The molecule has 21 heavy (non-hydrogen) atoms. The van der Waals surface area contributed by atoms with Crippen LogP contribution in [0.1, 0.15) is 32.1 Å². The minimum absolute atomic E-state index is 0.0317. The first kappa shape index (κ1) is 15.7. The second-order valence-electron chi connectivity index (χ2n) is 4.70.